The number of hydrogen-bond donors (Lipinski definition) is 2. The van der Waals surface area contributed by atoms with Crippen LogP contribution in [-0.4, -0.2) is 22.4 Å². The van der Waals surface area contributed by atoms with Gasteiger partial charge in [0.25, 0.3) is 5.91 Å². The molecule has 0 fully saturated rings. The number of carbonyl (C=O) groups is 1. The summed E-state index contributed by atoms with van der Waals surface area (Å²) in [5, 5.41) is 5.96. The highest BCUT2D eigenvalue weighted by Gasteiger charge is 2.10. The first kappa shape index (κ1) is 15.2. The van der Waals surface area contributed by atoms with Crippen molar-refractivity contribution in [2.75, 3.05) is 17.2 Å². The van der Waals surface area contributed by atoms with Crippen LogP contribution in [0.2, 0.25) is 5.02 Å². The molecule has 0 saturated carbocycles. The maximum atomic E-state index is 12.7. The van der Waals surface area contributed by atoms with Crippen LogP contribution in [0.15, 0.2) is 30.6 Å². The van der Waals surface area contributed by atoms with Gasteiger partial charge in [0.1, 0.15) is 17.5 Å². The van der Waals surface area contributed by atoms with Gasteiger partial charge in [-0.3, -0.25) is 4.79 Å². The van der Waals surface area contributed by atoms with Gasteiger partial charge >= 0.3 is 0 Å². The minimum Gasteiger partial charge on any atom is -0.369 e. The van der Waals surface area contributed by atoms with Gasteiger partial charge in [-0.25, -0.2) is 14.4 Å². The van der Waals surface area contributed by atoms with E-state index in [2.05, 4.69) is 20.6 Å². The van der Waals surface area contributed by atoms with Crippen LogP contribution in [0.25, 0.3) is 0 Å². The molecule has 7 heteroatoms. The molecule has 0 spiro atoms. The van der Waals surface area contributed by atoms with E-state index in [1.54, 1.807) is 0 Å². The van der Waals surface area contributed by atoms with E-state index in [4.69, 9.17) is 11.6 Å². The molecule has 21 heavy (non-hydrogen) atoms. The van der Waals surface area contributed by atoms with Crippen LogP contribution in [-0.2, 0) is 0 Å². The molecule has 0 aliphatic heterocycles. The fraction of sp³-hybridized carbons (Fsp3) is 0.214. The molecule has 2 heterocycles. The zero-order valence-corrected chi connectivity index (χ0v) is 12.1. The Morgan fingerprint density at radius 2 is 2.14 bits per heavy atom. The fourth-order valence-corrected chi connectivity index (χ4v) is 1.81. The van der Waals surface area contributed by atoms with E-state index in [0.717, 1.165) is 19.2 Å². The van der Waals surface area contributed by atoms with Crippen LogP contribution in [0.1, 0.15) is 23.7 Å². The molecule has 2 rings (SSSR count). The van der Waals surface area contributed by atoms with Gasteiger partial charge in [0.2, 0.25) is 0 Å². The minimum absolute atomic E-state index is 0.255. The number of anilines is 2. The number of halogens is 2. The Labute approximate surface area is 126 Å². The first-order chi connectivity index (χ1) is 10.1. The van der Waals surface area contributed by atoms with Crippen molar-refractivity contribution >= 4 is 29.1 Å². The van der Waals surface area contributed by atoms with Crippen LogP contribution in [0, 0.1) is 5.82 Å². The first-order valence-electron chi connectivity index (χ1n) is 6.42. The van der Waals surface area contributed by atoms with E-state index < -0.39 is 11.7 Å². The third kappa shape index (κ3) is 4.13. The topological polar surface area (TPSA) is 66.9 Å². The number of nitrogens with zero attached hydrogens (tertiary/aromatic N) is 2. The highest BCUT2D eigenvalue weighted by atomic mass is 35.5. The number of amides is 1. The van der Waals surface area contributed by atoms with Gasteiger partial charge in [-0.2, -0.15) is 0 Å². The lowest BCUT2D eigenvalue weighted by Crippen LogP contribution is -2.14. The second-order valence-corrected chi connectivity index (χ2v) is 4.70. The Kier molecular flexibility index (Phi) is 5.05. The second-order valence-electron chi connectivity index (χ2n) is 4.30. The standard InChI is InChI=1S/C14H14ClFN4O/c1-2-5-17-13-11(15)6-9(7-19-13)14(21)20-12-4-3-10(16)8-18-12/h3-4,6-8H,2,5H2,1H3,(H,17,19)(H,18,20,21). The maximum Gasteiger partial charge on any atom is 0.258 e. The Balaban J connectivity index is 2.08. The van der Waals surface area contributed by atoms with Gasteiger partial charge in [-0.1, -0.05) is 18.5 Å². The molecular formula is C14H14ClFN4O. The molecular weight excluding hydrogens is 295 g/mol. The summed E-state index contributed by atoms with van der Waals surface area (Å²) in [7, 11) is 0. The largest absolute Gasteiger partial charge is 0.369 e. The predicted octanol–water partition coefficient (Wildman–Crippen LogP) is 3.34. The van der Waals surface area contributed by atoms with Crippen LogP contribution >= 0.6 is 11.6 Å². The number of hydrogen-bond acceptors (Lipinski definition) is 4. The number of pyridine rings is 2. The number of carbonyl (C=O) groups excluding carboxylic acids is 1. The van der Waals surface area contributed by atoms with Gasteiger partial charge in [0.05, 0.1) is 16.8 Å². The van der Waals surface area contributed by atoms with Crippen LogP contribution < -0.4 is 10.6 Å². The van der Waals surface area contributed by atoms with Crippen molar-refractivity contribution in [2.24, 2.45) is 0 Å². The van der Waals surface area contributed by atoms with Crippen LogP contribution in [0.4, 0.5) is 16.0 Å². The molecule has 0 aromatic carbocycles. The third-order valence-corrected chi connectivity index (χ3v) is 2.90. The zero-order valence-electron chi connectivity index (χ0n) is 11.4. The highest BCUT2D eigenvalue weighted by molar-refractivity contribution is 6.33. The highest BCUT2D eigenvalue weighted by Crippen LogP contribution is 2.20. The zero-order chi connectivity index (χ0) is 15.2. The summed E-state index contributed by atoms with van der Waals surface area (Å²) >= 11 is 6.06. The van der Waals surface area contributed by atoms with E-state index in [9.17, 15) is 9.18 Å². The molecule has 1 amide bonds. The average Bonchev–Trinajstić information content (AvgIpc) is 2.48. The van der Waals surface area contributed by atoms with Crippen molar-refractivity contribution in [1.82, 2.24) is 9.97 Å². The molecule has 5 nitrogen and oxygen atoms in total. The lowest BCUT2D eigenvalue weighted by Gasteiger charge is -2.08. The summed E-state index contributed by atoms with van der Waals surface area (Å²) in [4.78, 5) is 19.9. The Morgan fingerprint density at radius 3 is 2.76 bits per heavy atom. The first-order valence-corrected chi connectivity index (χ1v) is 6.80. The quantitative estimate of drug-likeness (QED) is 0.889. The second kappa shape index (κ2) is 6.99. The molecule has 0 saturated heterocycles. The van der Waals surface area contributed by atoms with E-state index in [0.29, 0.717) is 16.4 Å². The Bertz CT molecular complexity index is 633. The van der Waals surface area contributed by atoms with E-state index in [1.165, 1.54) is 24.4 Å². The summed E-state index contributed by atoms with van der Waals surface area (Å²) in [6.45, 7) is 2.77. The molecule has 0 aliphatic rings. The van der Waals surface area contributed by atoms with E-state index in [-0.39, 0.29) is 5.82 Å². The lowest BCUT2D eigenvalue weighted by molar-refractivity contribution is 0.102. The van der Waals surface area contributed by atoms with Gasteiger partial charge < -0.3 is 10.6 Å². The Hall–Kier alpha value is -2.21. The van der Waals surface area contributed by atoms with Crippen molar-refractivity contribution < 1.29 is 9.18 Å². The SMILES string of the molecule is CCCNc1ncc(C(=O)Nc2ccc(F)cn2)cc1Cl. The summed E-state index contributed by atoms with van der Waals surface area (Å²) < 4.78 is 12.7. The third-order valence-electron chi connectivity index (χ3n) is 2.61. The van der Waals surface area contributed by atoms with Crippen molar-refractivity contribution in [1.29, 1.82) is 0 Å². The molecule has 2 aromatic rings. The van der Waals surface area contributed by atoms with E-state index >= 15 is 0 Å². The van der Waals surface area contributed by atoms with E-state index in [1.807, 2.05) is 6.92 Å². The number of nitrogens with one attached hydrogen (secondary N) is 2. The van der Waals surface area contributed by atoms with Crippen LogP contribution in [0.3, 0.4) is 0 Å². The molecule has 0 atom stereocenters. The summed E-state index contributed by atoms with van der Waals surface area (Å²) in [6.07, 6.45) is 3.39. The normalized spacial score (nSPS) is 10.2. The van der Waals surface area contributed by atoms with Gasteiger partial charge in [-0.15, -0.1) is 0 Å². The van der Waals surface area contributed by atoms with Crippen molar-refractivity contribution in [2.45, 2.75) is 13.3 Å². The van der Waals surface area contributed by atoms with Crippen molar-refractivity contribution in [3.63, 3.8) is 0 Å². The number of aromatic nitrogens is 2. The van der Waals surface area contributed by atoms with Gasteiger partial charge in [0.15, 0.2) is 0 Å². The van der Waals surface area contributed by atoms with Gasteiger partial charge in [-0.05, 0) is 24.6 Å². The monoisotopic (exact) mass is 308 g/mol. The minimum atomic E-state index is -0.468. The average molecular weight is 309 g/mol. The number of rotatable bonds is 5. The molecule has 0 unspecified atom stereocenters. The summed E-state index contributed by atoms with van der Waals surface area (Å²) in [5.41, 5.74) is 0.299. The lowest BCUT2D eigenvalue weighted by atomic mass is 10.2. The molecule has 0 bridgehead atoms. The molecule has 110 valence electrons. The molecule has 0 aliphatic carbocycles. The van der Waals surface area contributed by atoms with Crippen LogP contribution in [0.5, 0.6) is 0 Å². The predicted molar refractivity (Wildman–Crippen MR) is 80.2 cm³/mol. The molecule has 2 aromatic heterocycles. The summed E-state index contributed by atoms with van der Waals surface area (Å²) in [5.74, 6) is -0.0877. The van der Waals surface area contributed by atoms with Crippen molar-refractivity contribution in [3.05, 3.63) is 47.0 Å². The fourth-order valence-electron chi connectivity index (χ4n) is 1.57. The smallest absolute Gasteiger partial charge is 0.258 e. The Morgan fingerprint density at radius 1 is 1.33 bits per heavy atom. The maximum absolute atomic E-state index is 12.7. The molecule has 0 radical (unpaired) electrons. The molecule has 2 N–H and O–H groups in total. The summed E-state index contributed by atoms with van der Waals surface area (Å²) in [6, 6.07) is 4.11. The van der Waals surface area contributed by atoms with Crippen molar-refractivity contribution in [3.8, 4) is 0 Å². The van der Waals surface area contributed by atoms with Gasteiger partial charge in [0, 0.05) is 12.7 Å².